The van der Waals surface area contributed by atoms with Crippen LogP contribution < -0.4 is 5.32 Å². The zero-order valence-corrected chi connectivity index (χ0v) is 18.5. The van der Waals surface area contributed by atoms with Crippen LogP contribution in [0, 0.1) is 10.1 Å². The van der Waals surface area contributed by atoms with Crippen molar-refractivity contribution in [3.05, 3.63) is 71.0 Å². The Kier molecular flexibility index (Phi) is 6.12. The van der Waals surface area contributed by atoms with E-state index in [-0.39, 0.29) is 30.6 Å². The van der Waals surface area contributed by atoms with Gasteiger partial charge in [0.15, 0.2) is 0 Å². The van der Waals surface area contributed by atoms with Crippen molar-refractivity contribution in [1.29, 1.82) is 0 Å². The molecule has 0 aliphatic heterocycles. The number of non-ortho nitro benzene ring substituents is 1. The lowest BCUT2D eigenvalue weighted by atomic mass is 10.2. The van der Waals surface area contributed by atoms with Crippen molar-refractivity contribution in [1.82, 2.24) is 14.0 Å². The van der Waals surface area contributed by atoms with Crippen LogP contribution in [-0.4, -0.2) is 43.9 Å². The molecule has 33 heavy (non-hydrogen) atoms. The summed E-state index contributed by atoms with van der Waals surface area (Å²) >= 11 is 0. The Balaban J connectivity index is 1.46. The third kappa shape index (κ3) is 4.57. The van der Waals surface area contributed by atoms with Crippen LogP contribution in [0.3, 0.4) is 0 Å². The maximum Gasteiger partial charge on any atom is 0.270 e. The van der Waals surface area contributed by atoms with E-state index in [9.17, 15) is 19.7 Å². The fourth-order valence-electron chi connectivity index (χ4n) is 4.03. The molecule has 1 N–H and O–H groups in total. The predicted molar refractivity (Wildman–Crippen MR) is 127 cm³/mol. The SMILES string of the molecule is CCN(CC)C(=O)Cn1ccc2cc(NC(=O)Cn3ccc4cc([N+](=O)[O-])ccc43)ccc21. The molecule has 170 valence electrons. The molecule has 4 aromatic rings. The number of fused-ring (bicyclic) bond motifs is 2. The number of anilines is 1. The van der Waals surface area contributed by atoms with Crippen LogP contribution >= 0.6 is 0 Å². The largest absolute Gasteiger partial charge is 0.342 e. The molecule has 0 saturated carbocycles. The van der Waals surface area contributed by atoms with Gasteiger partial charge in [-0.1, -0.05) is 0 Å². The highest BCUT2D eigenvalue weighted by Gasteiger charge is 2.13. The fraction of sp³-hybridized carbons (Fsp3) is 0.250. The number of hydrogen-bond donors (Lipinski definition) is 1. The summed E-state index contributed by atoms with van der Waals surface area (Å²) in [6, 6.07) is 13.8. The second-order valence-corrected chi connectivity index (χ2v) is 7.78. The molecular formula is C24H25N5O4. The number of likely N-dealkylation sites (N-methyl/N-ethyl adjacent to an activating group) is 1. The second kappa shape index (κ2) is 9.15. The van der Waals surface area contributed by atoms with Gasteiger partial charge in [-0.05, 0) is 50.2 Å². The second-order valence-electron chi connectivity index (χ2n) is 7.78. The smallest absolute Gasteiger partial charge is 0.270 e. The van der Waals surface area contributed by atoms with Crippen molar-refractivity contribution in [2.75, 3.05) is 18.4 Å². The Hall–Kier alpha value is -4.14. The van der Waals surface area contributed by atoms with Crippen molar-refractivity contribution in [3.8, 4) is 0 Å². The van der Waals surface area contributed by atoms with E-state index in [2.05, 4.69) is 5.32 Å². The van der Waals surface area contributed by atoms with Gasteiger partial charge in [-0.2, -0.15) is 0 Å². The Morgan fingerprint density at radius 3 is 2.15 bits per heavy atom. The molecule has 0 spiro atoms. The van der Waals surface area contributed by atoms with Crippen LogP contribution in [0.5, 0.6) is 0 Å². The zero-order chi connectivity index (χ0) is 23.5. The highest BCUT2D eigenvalue weighted by molar-refractivity contribution is 5.95. The van der Waals surface area contributed by atoms with Gasteiger partial charge in [0.25, 0.3) is 5.69 Å². The lowest BCUT2D eigenvalue weighted by molar-refractivity contribution is -0.384. The van der Waals surface area contributed by atoms with Gasteiger partial charge in [0.05, 0.1) is 4.92 Å². The lowest BCUT2D eigenvalue weighted by Gasteiger charge is -2.19. The minimum atomic E-state index is -0.438. The number of nitrogens with zero attached hydrogens (tertiary/aromatic N) is 4. The summed E-state index contributed by atoms with van der Waals surface area (Å²) in [5.74, 6) is -0.138. The summed E-state index contributed by atoms with van der Waals surface area (Å²) in [5, 5.41) is 15.5. The van der Waals surface area contributed by atoms with E-state index in [0.29, 0.717) is 24.2 Å². The Morgan fingerprint density at radius 2 is 1.52 bits per heavy atom. The molecule has 2 aromatic heterocycles. The first-order valence-electron chi connectivity index (χ1n) is 10.8. The lowest BCUT2D eigenvalue weighted by Crippen LogP contribution is -2.33. The number of nitrogens with one attached hydrogen (secondary N) is 1. The summed E-state index contributed by atoms with van der Waals surface area (Å²) in [4.78, 5) is 37.4. The number of rotatable bonds is 8. The van der Waals surface area contributed by atoms with Crippen LogP contribution in [0.25, 0.3) is 21.8 Å². The van der Waals surface area contributed by atoms with Gasteiger partial charge in [-0.3, -0.25) is 19.7 Å². The molecule has 2 aromatic carbocycles. The van der Waals surface area contributed by atoms with Gasteiger partial charge in [0.1, 0.15) is 13.1 Å². The van der Waals surface area contributed by atoms with Crippen molar-refractivity contribution in [2.24, 2.45) is 0 Å². The molecule has 0 aliphatic carbocycles. The van der Waals surface area contributed by atoms with Gasteiger partial charge in [0, 0.05) is 65.1 Å². The van der Waals surface area contributed by atoms with Crippen LogP contribution in [0.4, 0.5) is 11.4 Å². The summed E-state index contributed by atoms with van der Waals surface area (Å²) in [6.45, 7) is 5.64. The maximum atomic E-state index is 12.6. The highest BCUT2D eigenvalue weighted by atomic mass is 16.6. The highest BCUT2D eigenvalue weighted by Crippen LogP contribution is 2.23. The van der Waals surface area contributed by atoms with E-state index in [1.54, 1.807) is 27.8 Å². The van der Waals surface area contributed by atoms with Gasteiger partial charge in [-0.25, -0.2) is 0 Å². The number of hydrogen-bond acceptors (Lipinski definition) is 4. The summed E-state index contributed by atoms with van der Waals surface area (Å²) < 4.78 is 3.66. The maximum absolute atomic E-state index is 12.6. The van der Waals surface area contributed by atoms with Crippen LogP contribution in [-0.2, 0) is 22.7 Å². The van der Waals surface area contributed by atoms with E-state index in [0.717, 1.165) is 16.4 Å². The summed E-state index contributed by atoms with van der Waals surface area (Å²) in [5.41, 5.74) is 2.35. The molecule has 0 fully saturated rings. The molecular weight excluding hydrogens is 422 g/mol. The Bertz CT molecular complexity index is 1350. The van der Waals surface area contributed by atoms with Gasteiger partial charge >= 0.3 is 0 Å². The zero-order valence-electron chi connectivity index (χ0n) is 18.5. The molecule has 9 nitrogen and oxygen atoms in total. The number of nitro groups is 1. The summed E-state index contributed by atoms with van der Waals surface area (Å²) in [6.07, 6.45) is 3.62. The first-order chi connectivity index (χ1) is 15.9. The van der Waals surface area contributed by atoms with Gasteiger partial charge in [-0.15, -0.1) is 0 Å². The number of amides is 2. The van der Waals surface area contributed by atoms with Gasteiger partial charge < -0.3 is 19.4 Å². The molecule has 0 atom stereocenters. The third-order valence-electron chi connectivity index (χ3n) is 5.76. The third-order valence-corrected chi connectivity index (χ3v) is 5.76. The molecule has 2 heterocycles. The topological polar surface area (TPSA) is 102 Å². The average molecular weight is 447 g/mol. The van der Waals surface area contributed by atoms with Crippen LogP contribution in [0.15, 0.2) is 60.9 Å². The van der Waals surface area contributed by atoms with E-state index in [4.69, 9.17) is 0 Å². The van der Waals surface area contributed by atoms with E-state index in [1.165, 1.54) is 12.1 Å². The number of benzene rings is 2. The van der Waals surface area contributed by atoms with Crippen molar-refractivity contribution in [2.45, 2.75) is 26.9 Å². The van der Waals surface area contributed by atoms with E-state index in [1.807, 2.05) is 48.9 Å². The molecule has 0 aliphatic rings. The van der Waals surface area contributed by atoms with Crippen LogP contribution in [0.1, 0.15) is 13.8 Å². The normalized spacial score (nSPS) is 11.1. The van der Waals surface area contributed by atoms with Crippen molar-refractivity contribution < 1.29 is 14.5 Å². The molecule has 0 radical (unpaired) electrons. The van der Waals surface area contributed by atoms with Crippen LogP contribution in [0.2, 0.25) is 0 Å². The standard InChI is InChI=1S/C24H25N5O4/c1-3-26(4-2)24(31)16-28-12-9-17-13-19(5-7-21(17)28)25-23(30)15-27-11-10-18-14-20(29(32)33)6-8-22(18)27/h5-14H,3-4,15-16H2,1-2H3,(H,25,30). The molecule has 2 amide bonds. The molecule has 4 rings (SSSR count). The first-order valence-corrected chi connectivity index (χ1v) is 10.8. The number of nitro benzene ring substituents is 1. The van der Waals surface area contributed by atoms with Gasteiger partial charge in [0.2, 0.25) is 11.8 Å². The quantitative estimate of drug-likeness (QED) is 0.326. The fourth-order valence-corrected chi connectivity index (χ4v) is 4.03. The minimum absolute atomic E-state index is 0.0173. The van der Waals surface area contributed by atoms with Crippen molar-refractivity contribution >= 4 is 45.0 Å². The monoisotopic (exact) mass is 447 g/mol. The molecule has 0 saturated heterocycles. The van der Waals surface area contributed by atoms with E-state index >= 15 is 0 Å². The minimum Gasteiger partial charge on any atom is -0.342 e. The molecule has 9 heteroatoms. The number of carbonyl (C=O) groups is 2. The summed E-state index contributed by atoms with van der Waals surface area (Å²) in [7, 11) is 0. The molecule has 0 bridgehead atoms. The van der Waals surface area contributed by atoms with E-state index < -0.39 is 4.92 Å². The predicted octanol–water partition coefficient (Wildman–Crippen LogP) is 4.01. The number of aromatic nitrogens is 2. The first kappa shape index (κ1) is 22.1. The Labute approximate surface area is 190 Å². The Morgan fingerprint density at radius 1 is 0.909 bits per heavy atom. The average Bonchev–Trinajstić information content (AvgIpc) is 3.38. The van der Waals surface area contributed by atoms with Crippen molar-refractivity contribution in [3.63, 3.8) is 0 Å². The number of carbonyl (C=O) groups excluding carboxylic acids is 2. The molecule has 0 unspecified atom stereocenters.